The summed E-state index contributed by atoms with van der Waals surface area (Å²) in [7, 11) is 1.64. The Balaban J connectivity index is 2.09. The van der Waals surface area contributed by atoms with Crippen molar-refractivity contribution in [3.05, 3.63) is 28.8 Å². The second-order valence-corrected chi connectivity index (χ2v) is 4.88. The molecule has 1 aliphatic rings. The molecule has 1 amide bonds. The predicted molar refractivity (Wildman–Crippen MR) is 69.0 cm³/mol. The summed E-state index contributed by atoms with van der Waals surface area (Å²) in [5.41, 5.74) is 0.198. The summed E-state index contributed by atoms with van der Waals surface area (Å²) >= 11 is 5.82. The fourth-order valence-electron chi connectivity index (χ4n) is 2.31. The quantitative estimate of drug-likeness (QED) is 0.886. The summed E-state index contributed by atoms with van der Waals surface area (Å²) < 4.78 is 5.31. The van der Waals surface area contributed by atoms with Crippen LogP contribution in [0.25, 0.3) is 0 Å². The van der Waals surface area contributed by atoms with Crippen molar-refractivity contribution in [2.75, 3.05) is 7.11 Å². The Morgan fingerprint density at radius 2 is 2.28 bits per heavy atom. The topological polar surface area (TPSA) is 58.6 Å². The van der Waals surface area contributed by atoms with Crippen molar-refractivity contribution in [3.8, 4) is 5.75 Å². The number of phenols is 1. The van der Waals surface area contributed by atoms with Gasteiger partial charge in [-0.25, -0.2) is 0 Å². The van der Waals surface area contributed by atoms with Gasteiger partial charge in [-0.15, -0.1) is 0 Å². The molecule has 0 radical (unpaired) electrons. The predicted octanol–water partition coefficient (Wildman–Crippen LogP) is 2.34. The monoisotopic (exact) mass is 269 g/mol. The van der Waals surface area contributed by atoms with Crippen LogP contribution in [-0.4, -0.2) is 30.3 Å². The van der Waals surface area contributed by atoms with Gasteiger partial charge in [-0.3, -0.25) is 4.79 Å². The molecule has 18 heavy (non-hydrogen) atoms. The molecule has 0 bridgehead atoms. The number of aromatic hydroxyl groups is 1. The highest BCUT2D eigenvalue weighted by Crippen LogP contribution is 2.24. The lowest BCUT2D eigenvalue weighted by molar-refractivity contribution is 0.0720. The maximum atomic E-state index is 12.0. The minimum absolute atomic E-state index is 0.000816. The van der Waals surface area contributed by atoms with Crippen LogP contribution in [0.15, 0.2) is 18.2 Å². The zero-order chi connectivity index (χ0) is 13.1. The fourth-order valence-corrected chi connectivity index (χ4v) is 2.48. The van der Waals surface area contributed by atoms with Crippen LogP contribution in [-0.2, 0) is 4.74 Å². The van der Waals surface area contributed by atoms with E-state index in [0.29, 0.717) is 5.02 Å². The fraction of sp³-hybridized carbons (Fsp3) is 0.462. The summed E-state index contributed by atoms with van der Waals surface area (Å²) in [6.07, 6.45) is 2.93. The first-order valence-electron chi connectivity index (χ1n) is 5.94. The number of carbonyl (C=O) groups is 1. The molecule has 2 atom stereocenters. The second kappa shape index (κ2) is 5.59. The number of hydrogen-bond acceptors (Lipinski definition) is 3. The number of benzene rings is 1. The molecule has 4 nitrogen and oxygen atoms in total. The Bertz CT molecular complexity index is 450. The number of amides is 1. The first-order valence-corrected chi connectivity index (χ1v) is 6.32. The lowest BCUT2D eigenvalue weighted by Crippen LogP contribution is -2.40. The van der Waals surface area contributed by atoms with Crippen molar-refractivity contribution in [2.45, 2.75) is 31.4 Å². The SMILES string of the molecule is COC1CCCC1NC(=O)c1cc(Cl)ccc1O. The third kappa shape index (κ3) is 2.76. The number of methoxy groups -OCH3 is 1. The number of carbonyl (C=O) groups excluding carboxylic acids is 1. The van der Waals surface area contributed by atoms with Crippen molar-refractivity contribution in [3.63, 3.8) is 0 Å². The molecular weight excluding hydrogens is 254 g/mol. The van der Waals surface area contributed by atoms with E-state index in [1.165, 1.54) is 12.1 Å². The maximum Gasteiger partial charge on any atom is 0.255 e. The molecule has 0 aromatic heterocycles. The van der Waals surface area contributed by atoms with E-state index >= 15 is 0 Å². The van der Waals surface area contributed by atoms with Gasteiger partial charge in [0.1, 0.15) is 5.75 Å². The average molecular weight is 270 g/mol. The third-order valence-electron chi connectivity index (χ3n) is 3.28. The highest BCUT2D eigenvalue weighted by Gasteiger charge is 2.29. The Labute approximate surface area is 111 Å². The molecule has 1 saturated carbocycles. The molecule has 1 aromatic carbocycles. The normalized spacial score (nSPS) is 23.0. The number of ether oxygens (including phenoxy) is 1. The maximum absolute atomic E-state index is 12.0. The Morgan fingerprint density at radius 1 is 1.50 bits per heavy atom. The molecular formula is C13H16ClNO3. The highest BCUT2D eigenvalue weighted by atomic mass is 35.5. The van der Waals surface area contributed by atoms with Crippen molar-refractivity contribution >= 4 is 17.5 Å². The lowest BCUT2D eigenvalue weighted by atomic mass is 10.1. The van der Waals surface area contributed by atoms with Crippen LogP contribution in [0.4, 0.5) is 0 Å². The van der Waals surface area contributed by atoms with Crippen LogP contribution < -0.4 is 5.32 Å². The van der Waals surface area contributed by atoms with Gasteiger partial charge in [-0.05, 0) is 37.5 Å². The van der Waals surface area contributed by atoms with E-state index in [0.717, 1.165) is 19.3 Å². The van der Waals surface area contributed by atoms with Crippen LogP contribution in [0, 0.1) is 0 Å². The standard InChI is InChI=1S/C13H16ClNO3/c1-18-12-4-2-3-10(12)15-13(17)9-7-8(14)5-6-11(9)16/h5-7,10,12,16H,2-4H2,1H3,(H,15,17). The molecule has 0 aliphatic heterocycles. The molecule has 2 N–H and O–H groups in total. The lowest BCUT2D eigenvalue weighted by Gasteiger charge is -2.19. The van der Waals surface area contributed by atoms with Crippen molar-refractivity contribution < 1.29 is 14.6 Å². The van der Waals surface area contributed by atoms with E-state index in [4.69, 9.17) is 16.3 Å². The molecule has 0 saturated heterocycles. The molecule has 98 valence electrons. The number of hydrogen-bond donors (Lipinski definition) is 2. The molecule has 0 heterocycles. The first-order chi connectivity index (χ1) is 8.61. The second-order valence-electron chi connectivity index (χ2n) is 4.45. The zero-order valence-corrected chi connectivity index (χ0v) is 10.9. The Hall–Kier alpha value is -1.26. The van der Waals surface area contributed by atoms with E-state index in [1.54, 1.807) is 13.2 Å². The summed E-state index contributed by atoms with van der Waals surface area (Å²) in [6, 6.07) is 4.42. The van der Waals surface area contributed by atoms with Gasteiger partial charge in [0.25, 0.3) is 5.91 Å². The van der Waals surface area contributed by atoms with Gasteiger partial charge in [0.15, 0.2) is 0 Å². The van der Waals surface area contributed by atoms with Crippen LogP contribution >= 0.6 is 11.6 Å². The van der Waals surface area contributed by atoms with Crippen molar-refractivity contribution in [1.29, 1.82) is 0 Å². The Kier molecular flexibility index (Phi) is 4.09. The summed E-state index contributed by atoms with van der Waals surface area (Å²) in [4.78, 5) is 12.0. The smallest absolute Gasteiger partial charge is 0.255 e. The van der Waals surface area contributed by atoms with Gasteiger partial charge in [0.05, 0.1) is 17.7 Å². The Morgan fingerprint density at radius 3 is 3.00 bits per heavy atom. The van der Waals surface area contributed by atoms with Crippen molar-refractivity contribution in [2.24, 2.45) is 0 Å². The van der Waals surface area contributed by atoms with E-state index in [1.807, 2.05) is 0 Å². The summed E-state index contributed by atoms with van der Waals surface area (Å²) in [5.74, 6) is -0.382. The largest absolute Gasteiger partial charge is 0.507 e. The number of rotatable bonds is 3. The van der Waals surface area contributed by atoms with E-state index in [2.05, 4.69) is 5.32 Å². The number of halogens is 1. The minimum atomic E-state index is -0.316. The first kappa shape index (κ1) is 13.2. The molecule has 2 unspecified atom stereocenters. The van der Waals surface area contributed by atoms with Crippen LogP contribution in [0.1, 0.15) is 29.6 Å². The molecule has 1 aromatic rings. The molecule has 2 rings (SSSR count). The van der Waals surface area contributed by atoms with Gasteiger partial charge >= 0.3 is 0 Å². The van der Waals surface area contributed by atoms with Gasteiger partial charge in [-0.1, -0.05) is 11.6 Å². The van der Waals surface area contributed by atoms with Gasteiger partial charge in [0.2, 0.25) is 0 Å². The number of phenolic OH excluding ortho intramolecular Hbond substituents is 1. The van der Waals surface area contributed by atoms with E-state index in [-0.39, 0.29) is 29.4 Å². The molecule has 5 heteroatoms. The van der Waals surface area contributed by atoms with Gasteiger partial charge in [0, 0.05) is 12.1 Å². The van der Waals surface area contributed by atoms with Gasteiger partial charge < -0.3 is 15.2 Å². The third-order valence-corrected chi connectivity index (χ3v) is 3.51. The molecule has 1 fully saturated rings. The molecule has 0 spiro atoms. The minimum Gasteiger partial charge on any atom is -0.507 e. The average Bonchev–Trinajstić information content (AvgIpc) is 2.79. The van der Waals surface area contributed by atoms with E-state index in [9.17, 15) is 9.90 Å². The van der Waals surface area contributed by atoms with Gasteiger partial charge in [-0.2, -0.15) is 0 Å². The highest BCUT2D eigenvalue weighted by molar-refractivity contribution is 6.31. The van der Waals surface area contributed by atoms with E-state index < -0.39 is 0 Å². The van der Waals surface area contributed by atoms with Crippen LogP contribution in [0.2, 0.25) is 5.02 Å². The summed E-state index contributed by atoms with van der Waals surface area (Å²) in [5, 5.41) is 13.0. The summed E-state index contributed by atoms with van der Waals surface area (Å²) in [6.45, 7) is 0. The van der Waals surface area contributed by atoms with Crippen LogP contribution in [0.5, 0.6) is 5.75 Å². The number of nitrogens with one attached hydrogen (secondary N) is 1. The zero-order valence-electron chi connectivity index (χ0n) is 10.1. The van der Waals surface area contributed by atoms with Crippen molar-refractivity contribution in [1.82, 2.24) is 5.32 Å². The molecule has 1 aliphatic carbocycles. The van der Waals surface area contributed by atoms with Crippen LogP contribution in [0.3, 0.4) is 0 Å².